The standard InChI is InChI=1S/C14H20N2O2/c1-18-13-5-2-4-12(10-13)11-14(17)16-8-3-6-15-7-9-16/h2,4-5,10,15H,3,6-9,11H2,1H3. The summed E-state index contributed by atoms with van der Waals surface area (Å²) in [5, 5.41) is 3.30. The molecule has 0 aliphatic carbocycles. The van der Waals surface area contributed by atoms with Crippen molar-refractivity contribution >= 4 is 5.91 Å². The Balaban J connectivity index is 1.96. The highest BCUT2D eigenvalue weighted by molar-refractivity contribution is 5.78. The first kappa shape index (κ1) is 12.9. The molecule has 0 aromatic heterocycles. The van der Waals surface area contributed by atoms with Crippen LogP contribution < -0.4 is 10.1 Å². The summed E-state index contributed by atoms with van der Waals surface area (Å²) in [7, 11) is 1.64. The maximum Gasteiger partial charge on any atom is 0.227 e. The number of hydrogen-bond donors (Lipinski definition) is 1. The summed E-state index contributed by atoms with van der Waals surface area (Å²) in [5.74, 6) is 1.00. The van der Waals surface area contributed by atoms with Gasteiger partial charge >= 0.3 is 0 Å². The van der Waals surface area contributed by atoms with Crippen LogP contribution in [0.15, 0.2) is 24.3 Å². The zero-order valence-electron chi connectivity index (χ0n) is 10.8. The Morgan fingerprint density at radius 1 is 1.39 bits per heavy atom. The van der Waals surface area contributed by atoms with Crippen LogP contribution >= 0.6 is 0 Å². The van der Waals surface area contributed by atoms with Crippen LogP contribution in [0.4, 0.5) is 0 Å². The molecule has 1 heterocycles. The van der Waals surface area contributed by atoms with Gasteiger partial charge in [-0.2, -0.15) is 0 Å². The maximum atomic E-state index is 12.2. The predicted octanol–water partition coefficient (Wildman–Crippen LogP) is 1.06. The van der Waals surface area contributed by atoms with E-state index in [0.29, 0.717) is 6.42 Å². The largest absolute Gasteiger partial charge is 0.497 e. The minimum Gasteiger partial charge on any atom is -0.497 e. The predicted molar refractivity (Wildman–Crippen MR) is 70.8 cm³/mol. The van der Waals surface area contributed by atoms with Gasteiger partial charge in [0.1, 0.15) is 5.75 Å². The molecule has 1 aliphatic heterocycles. The van der Waals surface area contributed by atoms with E-state index in [1.54, 1.807) is 7.11 Å². The summed E-state index contributed by atoms with van der Waals surface area (Å²) >= 11 is 0. The third-order valence-electron chi connectivity index (χ3n) is 3.18. The van der Waals surface area contributed by atoms with Gasteiger partial charge in [0.2, 0.25) is 5.91 Å². The SMILES string of the molecule is COc1cccc(CC(=O)N2CCCNCC2)c1. The number of nitrogens with one attached hydrogen (secondary N) is 1. The fourth-order valence-corrected chi connectivity index (χ4v) is 2.16. The Morgan fingerprint density at radius 3 is 3.11 bits per heavy atom. The normalized spacial score (nSPS) is 16.2. The molecule has 2 rings (SSSR count). The molecule has 0 spiro atoms. The van der Waals surface area contributed by atoms with E-state index >= 15 is 0 Å². The van der Waals surface area contributed by atoms with Gasteiger partial charge in [-0.25, -0.2) is 0 Å². The maximum absolute atomic E-state index is 12.2. The summed E-state index contributed by atoms with van der Waals surface area (Å²) in [6, 6.07) is 7.71. The lowest BCUT2D eigenvalue weighted by molar-refractivity contribution is -0.130. The van der Waals surface area contributed by atoms with E-state index in [2.05, 4.69) is 5.32 Å². The van der Waals surface area contributed by atoms with Gasteiger partial charge in [0.15, 0.2) is 0 Å². The molecule has 0 radical (unpaired) electrons. The van der Waals surface area contributed by atoms with E-state index in [1.165, 1.54) is 0 Å². The number of rotatable bonds is 3. The van der Waals surface area contributed by atoms with Crippen LogP contribution in [0, 0.1) is 0 Å². The molecule has 18 heavy (non-hydrogen) atoms. The van der Waals surface area contributed by atoms with Crippen molar-refractivity contribution in [3.8, 4) is 5.75 Å². The summed E-state index contributed by atoms with van der Waals surface area (Å²) in [5.41, 5.74) is 1.01. The van der Waals surface area contributed by atoms with Gasteiger partial charge in [-0.15, -0.1) is 0 Å². The molecular formula is C14H20N2O2. The van der Waals surface area contributed by atoms with Crippen molar-refractivity contribution in [1.29, 1.82) is 0 Å². The van der Waals surface area contributed by atoms with Crippen molar-refractivity contribution < 1.29 is 9.53 Å². The fraction of sp³-hybridized carbons (Fsp3) is 0.500. The van der Waals surface area contributed by atoms with E-state index in [4.69, 9.17) is 4.74 Å². The highest BCUT2D eigenvalue weighted by atomic mass is 16.5. The second-order valence-corrected chi connectivity index (χ2v) is 4.51. The van der Waals surface area contributed by atoms with Crippen LogP contribution in [0.3, 0.4) is 0 Å². The summed E-state index contributed by atoms with van der Waals surface area (Å²) in [4.78, 5) is 14.1. The first-order chi connectivity index (χ1) is 8.79. The molecule has 0 unspecified atom stereocenters. The van der Waals surface area contributed by atoms with Crippen molar-refractivity contribution in [2.75, 3.05) is 33.3 Å². The summed E-state index contributed by atoms with van der Waals surface area (Å²) in [6.07, 6.45) is 1.49. The average molecular weight is 248 g/mol. The van der Waals surface area contributed by atoms with Crippen molar-refractivity contribution in [3.05, 3.63) is 29.8 Å². The smallest absolute Gasteiger partial charge is 0.227 e. The number of hydrogen-bond acceptors (Lipinski definition) is 3. The van der Waals surface area contributed by atoms with E-state index in [0.717, 1.165) is 43.9 Å². The Labute approximate surface area is 108 Å². The number of benzene rings is 1. The van der Waals surface area contributed by atoms with Gasteiger partial charge in [-0.3, -0.25) is 4.79 Å². The molecule has 98 valence electrons. The fourth-order valence-electron chi connectivity index (χ4n) is 2.16. The molecule has 1 fully saturated rings. The molecule has 1 saturated heterocycles. The molecule has 1 amide bonds. The number of methoxy groups -OCH3 is 1. The average Bonchev–Trinajstić information content (AvgIpc) is 2.68. The van der Waals surface area contributed by atoms with Crippen LogP contribution in [0.2, 0.25) is 0 Å². The van der Waals surface area contributed by atoms with Gasteiger partial charge in [0.25, 0.3) is 0 Å². The quantitative estimate of drug-likeness (QED) is 0.869. The second kappa shape index (κ2) is 6.40. The van der Waals surface area contributed by atoms with Crippen molar-refractivity contribution in [2.45, 2.75) is 12.8 Å². The minimum absolute atomic E-state index is 0.201. The van der Waals surface area contributed by atoms with Gasteiger partial charge in [0.05, 0.1) is 13.5 Å². The number of carbonyl (C=O) groups is 1. The molecule has 1 N–H and O–H groups in total. The van der Waals surface area contributed by atoms with Crippen molar-refractivity contribution in [2.24, 2.45) is 0 Å². The number of nitrogens with zero attached hydrogens (tertiary/aromatic N) is 1. The Bertz CT molecular complexity index is 399. The lowest BCUT2D eigenvalue weighted by Gasteiger charge is -2.20. The zero-order valence-corrected chi connectivity index (χ0v) is 10.8. The molecule has 4 nitrogen and oxygen atoms in total. The van der Waals surface area contributed by atoms with Crippen molar-refractivity contribution in [1.82, 2.24) is 10.2 Å². The zero-order chi connectivity index (χ0) is 12.8. The highest BCUT2D eigenvalue weighted by Gasteiger charge is 2.15. The lowest BCUT2D eigenvalue weighted by atomic mass is 10.1. The Morgan fingerprint density at radius 2 is 2.28 bits per heavy atom. The first-order valence-corrected chi connectivity index (χ1v) is 6.41. The van der Waals surface area contributed by atoms with Crippen LogP contribution in [0.1, 0.15) is 12.0 Å². The first-order valence-electron chi connectivity index (χ1n) is 6.41. The van der Waals surface area contributed by atoms with Gasteiger partial charge in [0, 0.05) is 19.6 Å². The monoisotopic (exact) mass is 248 g/mol. The Kier molecular flexibility index (Phi) is 4.59. The van der Waals surface area contributed by atoms with Gasteiger partial charge in [-0.1, -0.05) is 12.1 Å². The third kappa shape index (κ3) is 3.47. The van der Waals surface area contributed by atoms with E-state index in [9.17, 15) is 4.79 Å². The Hall–Kier alpha value is -1.55. The number of carbonyl (C=O) groups excluding carboxylic acids is 1. The molecule has 1 aliphatic rings. The van der Waals surface area contributed by atoms with E-state index in [-0.39, 0.29) is 5.91 Å². The summed E-state index contributed by atoms with van der Waals surface area (Å²) < 4.78 is 5.17. The minimum atomic E-state index is 0.201. The number of amides is 1. The molecule has 4 heteroatoms. The van der Waals surface area contributed by atoms with Crippen LogP contribution in [-0.2, 0) is 11.2 Å². The van der Waals surface area contributed by atoms with Crippen LogP contribution in [-0.4, -0.2) is 44.1 Å². The molecule has 1 aromatic carbocycles. The molecular weight excluding hydrogens is 228 g/mol. The van der Waals surface area contributed by atoms with E-state index < -0.39 is 0 Å². The molecule has 1 aromatic rings. The third-order valence-corrected chi connectivity index (χ3v) is 3.18. The highest BCUT2D eigenvalue weighted by Crippen LogP contribution is 2.14. The second-order valence-electron chi connectivity index (χ2n) is 4.51. The molecule has 0 saturated carbocycles. The topological polar surface area (TPSA) is 41.6 Å². The van der Waals surface area contributed by atoms with Crippen molar-refractivity contribution in [3.63, 3.8) is 0 Å². The van der Waals surface area contributed by atoms with Gasteiger partial charge < -0.3 is 15.0 Å². The van der Waals surface area contributed by atoms with Gasteiger partial charge in [-0.05, 0) is 30.7 Å². The molecule has 0 atom stereocenters. The van der Waals surface area contributed by atoms with Crippen LogP contribution in [0.5, 0.6) is 5.75 Å². The van der Waals surface area contributed by atoms with Crippen LogP contribution in [0.25, 0.3) is 0 Å². The molecule has 0 bridgehead atoms. The summed E-state index contributed by atoms with van der Waals surface area (Å²) in [6.45, 7) is 3.56. The lowest BCUT2D eigenvalue weighted by Crippen LogP contribution is -2.35. The number of ether oxygens (including phenoxy) is 1. The van der Waals surface area contributed by atoms with E-state index in [1.807, 2.05) is 29.2 Å².